The Labute approximate surface area is 192 Å². The van der Waals surface area contributed by atoms with Crippen molar-refractivity contribution >= 4 is 0 Å². The molecule has 0 aromatic heterocycles. The van der Waals surface area contributed by atoms with Crippen LogP contribution in [0, 0.1) is 29.6 Å². The van der Waals surface area contributed by atoms with Gasteiger partial charge in [-0.3, -0.25) is 0 Å². The smallest absolute Gasteiger partial charge is 0.0456 e. The Hall–Kier alpha value is -0.340. The van der Waals surface area contributed by atoms with Gasteiger partial charge in [-0.2, -0.15) is 0 Å². The van der Waals surface area contributed by atoms with Crippen LogP contribution in [0.1, 0.15) is 127 Å². The predicted molar refractivity (Wildman–Crippen MR) is 138 cm³/mol. The molecule has 2 N–H and O–H groups in total. The highest BCUT2D eigenvalue weighted by molar-refractivity contribution is 4.93. The molecule has 1 rings (SSSR count). The van der Waals surface area contributed by atoms with Crippen LogP contribution in [-0.4, -0.2) is 23.4 Å². The second-order valence-corrected chi connectivity index (χ2v) is 10.6. The van der Waals surface area contributed by atoms with Crippen LogP contribution in [0.15, 0.2) is 11.6 Å². The second-order valence-electron chi connectivity index (χ2n) is 10.6. The third-order valence-corrected chi connectivity index (χ3v) is 5.28. The molecule has 1 saturated carbocycles. The molecule has 0 aliphatic heterocycles. The summed E-state index contributed by atoms with van der Waals surface area (Å²) in [6.07, 6.45) is 14.4. The maximum Gasteiger partial charge on any atom is 0.0456 e. The molecule has 2 heteroatoms. The van der Waals surface area contributed by atoms with E-state index in [9.17, 15) is 0 Å². The number of aliphatic hydroxyl groups excluding tert-OH is 2. The van der Waals surface area contributed by atoms with Crippen LogP contribution in [0.25, 0.3) is 0 Å². The Kier molecular flexibility index (Phi) is 28.5. The second kappa shape index (κ2) is 24.9. The van der Waals surface area contributed by atoms with Crippen molar-refractivity contribution < 1.29 is 10.2 Å². The SMILES string of the molecule is CC(C)=CCC(C)C.CC(C)CO.CC1CCC(C)CC1.CCCCCC(C)CO. The molecule has 184 valence electrons. The van der Waals surface area contributed by atoms with E-state index in [0.717, 1.165) is 17.8 Å². The summed E-state index contributed by atoms with van der Waals surface area (Å²) in [5.41, 5.74) is 1.43. The first kappa shape index (κ1) is 34.3. The number of hydrogen-bond acceptors (Lipinski definition) is 2. The van der Waals surface area contributed by atoms with Crippen LogP contribution in [0.3, 0.4) is 0 Å². The van der Waals surface area contributed by atoms with Gasteiger partial charge in [-0.05, 0) is 56.3 Å². The van der Waals surface area contributed by atoms with E-state index in [4.69, 9.17) is 10.2 Å². The molecule has 0 aromatic carbocycles. The minimum absolute atomic E-state index is 0.306. The Morgan fingerprint density at radius 2 is 1.23 bits per heavy atom. The number of rotatable bonds is 8. The van der Waals surface area contributed by atoms with Gasteiger partial charge in [-0.1, -0.05) is 112 Å². The van der Waals surface area contributed by atoms with E-state index in [2.05, 4.69) is 61.5 Å². The van der Waals surface area contributed by atoms with Gasteiger partial charge in [0.05, 0.1) is 0 Å². The minimum Gasteiger partial charge on any atom is -0.396 e. The van der Waals surface area contributed by atoms with Crippen LogP contribution in [0.2, 0.25) is 0 Å². The first-order chi connectivity index (χ1) is 14.0. The van der Waals surface area contributed by atoms with Crippen molar-refractivity contribution in [2.75, 3.05) is 13.2 Å². The van der Waals surface area contributed by atoms with Crippen molar-refractivity contribution in [3.05, 3.63) is 11.6 Å². The third kappa shape index (κ3) is 35.1. The highest BCUT2D eigenvalue weighted by atomic mass is 16.3. The van der Waals surface area contributed by atoms with Crippen molar-refractivity contribution in [3.8, 4) is 0 Å². The van der Waals surface area contributed by atoms with E-state index in [0.29, 0.717) is 25.0 Å². The number of aliphatic hydroxyl groups is 2. The van der Waals surface area contributed by atoms with Crippen LogP contribution in [-0.2, 0) is 0 Å². The molecule has 30 heavy (non-hydrogen) atoms. The summed E-state index contributed by atoms with van der Waals surface area (Å²) < 4.78 is 0. The van der Waals surface area contributed by atoms with E-state index < -0.39 is 0 Å². The molecule has 0 saturated heterocycles. The van der Waals surface area contributed by atoms with Crippen molar-refractivity contribution in [1.29, 1.82) is 0 Å². The predicted octanol–water partition coefficient (Wildman–Crippen LogP) is 8.66. The van der Waals surface area contributed by atoms with E-state index in [-0.39, 0.29) is 0 Å². The third-order valence-electron chi connectivity index (χ3n) is 5.28. The standard InChI is InChI=1S/C8H18O.2C8H16.C4H10O/c1-3-4-5-6-8(2)7-9;1-7-3-5-8(2)6-4-7;1-7(2)5-6-8(3)4;1-4(2)3-5/h8-9H,3-7H2,1-2H3;7-8H,3-6H2,1-2H3;5,8H,6H2,1-4H3;4-5H,3H2,1-2H3. The lowest BCUT2D eigenvalue weighted by molar-refractivity contribution is 0.227. The number of unbranched alkanes of at least 4 members (excludes halogenated alkanes) is 2. The molecule has 1 aliphatic carbocycles. The summed E-state index contributed by atoms with van der Waals surface area (Å²) >= 11 is 0. The molecule has 0 aromatic rings. The van der Waals surface area contributed by atoms with E-state index in [1.807, 2.05) is 13.8 Å². The Balaban J connectivity index is -0.000000330. The van der Waals surface area contributed by atoms with Crippen molar-refractivity contribution in [3.63, 3.8) is 0 Å². The maximum atomic E-state index is 8.63. The van der Waals surface area contributed by atoms with E-state index in [1.165, 1.54) is 63.4 Å². The summed E-state index contributed by atoms with van der Waals surface area (Å²) in [4.78, 5) is 0. The fourth-order valence-electron chi connectivity index (χ4n) is 2.73. The van der Waals surface area contributed by atoms with E-state index in [1.54, 1.807) is 0 Å². The number of hydrogen-bond donors (Lipinski definition) is 2. The molecular formula is C28H60O2. The van der Waals surface area contributed by atoms with E-state index >= 15 is 0 Å². The highest BCUT2D eigenvalue weighted by Gasteiger charge is 2.13. The zero-order valence-corrected chi connectivity index (χ0v) is 22.6. The van der Waals surface area contributed by atoms with Gasteiger partial charge in [0, 0.05) is 13.2 Å². The lowest BCUT2D eigenvalue weighted by Gasteiger charge is -2.22. The van der Waals surface area contributed by atoms with Crippen LogP contribution < -0.4 is 0 Å². The highest BCUT2D eigenvalue weighted by Crippen LogP contribution is 2.27. The van der Waals surface area contributed by atoms with Crippen LogP contribution in [0.4, 0.5) is 0 Å². The molecule has 0 amide bonds. The van der Waals surface area contributed by atoms with Crippen LogP contribution in [0.5, 0.6) is 0 Å². The summed E-state index contributed by atoms with van der Waals surface area (Å²) in [6.45, 7) is 22.4. The van der Waals surface area contributed by atoms with Gasteiger partial charge in [0.1, 0.15) is 0 Å². The molecule has 1 fully saturated rings. The maximum absolute atomic E-state index is 8.63. The van der Waals surface area contributed by atoms with Gasteiger partial charge >= 0.3 is 0 Å². The van der Waals surface area contributed by atoms with Gasteiger partial charge in [-0.15, -0.1) is 0 Å². The topological polar surface area (TPSA) is 40.5 Å². The lowest BCUT2D eigenvalue weighted by atomic mass is 9.84. The zero-order valence-electron chi connectivity index (χ0n) is 22.6. The molecule has 1 unspecified atom stereocenters. The molecule has 1 aliphatic rings. The van der Waals surface area contributed by atoms with Gasteiger partial charge < -0.3 is 10.2 Å². The van der Waals surface area contributed by atoms with Gasteiger partial charge in [0.2, 0.25) is 0 Å². The van der Waals surface area contributed by atoms with Crippen LogP contribution >= 0.6 is 0 Å². The first-order valence-electron chi connectivity index (χ1n) is 12.8. The minimum atomic E-state index is 0.306. The zero-order chi connectivity index (χ0) is 23.9. The molecule has 1 atom stereocenters. The fourth-order valence-corrected chi connectivity index (χ4v) is 2.73. The average molecular weight is 429 g/mol. The molecule has 0 radical (unpaired) electrons. The monoisotopic (exact) mass is 428 g/mol. The Morgan fingerprint density at radius 1 is 0.800 bits per heavy atom. The normalized spacial score (nSPS) is 18.9. The molecule has 2 nitrogen and oxygen atoms in total. The summed E-state index contributed by atoms with van der Waals surface area (Å²) in [5, 5.41) is 16.8. The summed E-state index contributed by atoms with van der Waals surface area (Å²) in [5.74, 6) is 3.80. The van der Waals surface area contributed by atoms with Gasteiger partial charge in [0.25, 0.3) is 0 Å². The fraction of sp³-hybridized carbons (Fsp3) is 0.929. The molecule has 0 heterocycles. The Morgan fingerprint density at radius 3 is 1.47 bits per heavy atom. The first-order valence-corrected chi connectivity index (χ1v) is 12.8. The average Bonchev–Trinajstić information content (AvgIpc) is 2.70. The van der Waals surface area contributed by atoms with Crippen molar-refractivity contribution in [2.45, 2.75) is 127 Å². The molecule has 0 bridgehead atoms. The van der Waals surface area contributed by atoms with Crippen molar-refractivity contribution in [1.82, 2.24) is 0 Å². The Bertz CT molecular complexity index is 325. The van der Waals surface area contributed by atoms with Gasteiger partial charge in [0.15, 0.2) is 0 Å². The lowest BCUT2D eigenvalue weighted by Crippen LogP contribution is -2.08. The largest absolute Gasteiger partial charge is 0.396 e. The summed E-state index contributed by atoms with van der Waals surface area (Å²) in [6, 6.07) is 0. The van der Waals surface area contributed by atoms with Crippen molar-refractivity contribution in [2.24, 2.45) is 29.6 Å². The quantitative estimate of drug-likeness (QED) is 0.300. The van der Waals surface area contributed by atoms with Gasteiger partial charge in [-0.25, -0.2) is 0 Å². The number of allylic oxidation sites excluding steroid dienone is 2. The molecule has 0 spiro atoms. The summed E-state index contributed by atoms with van der Waals surface area (Å²) in [7, 11) is 0. The molecular weight excluding hydrogens is 368 g/mol.